The molecule has 10 heteroatoms. The molecule has 0 radical (unpaired) electrons. The first-order valence-corrected chi connectivity index (χ1v) is 12.4. The average Bonchev–Trinajstić information content (AvgIpc) is 3.52. The molecule has 5 aromatic rings. The number of ether oxygens (including phenoxy) is 1. The number of aliphatic carboxylic acids is 1. The van der Waals surface area contributed by atoms with Crippen LogP contribution in [0.25, 0.3) is 22.7 Å². The van der Waals surface area contributed by atoms with E-state index in [-0.39, 0.29) is 0 Å². The van der Waals surface area contributed by atoms with Crippen LogP contribution in [0.5, 0.6) is 5.75 Å². The van der Waals surface area contributed by atoms with Gasteiger partial charge in [0.1, 0.15) is 5.75 Å². The van der Waals surface area contributed by atoms with Crippen molar-refractivity contribution in [3.63, 3.8) is 0 Å². The van der Waals surface area contributed by atoms with E-state index in [1.165, 1.54) is 12.0 Å². The maximum atomic E-state index is 9.00. The van der Waals surface area contributed by atoms with Gasteiger partial charge in [-0.2, -0.15) is 9.50 Å². The number of nitrogens with zero attached hydrogens (tertiary/aromatic N) is 6. The third-order valence-corrected chi connectivity index (χ3v) is 6.23. The molecular formula is C28H29N7O3. The summed E-state index contributed by atoms with van der Waals surface area (Å²) in [6.07, 6.45) is 8.06. The Hall–Kier alpha value is -4.73. The normalized spacial score (nSPS) is 12.4. The molecule has 2 N–H and O–H groups in total. The minimum Gasteiger partial charge on any atom is -0.494 e. The summed E-state index contributed by atoms with van der Waals surface area (Å²) in [5.41, 5.74) is 7.33. The molecule has 0 fully saturated rings. The molecule has 3 heterocycles. The number of imidazole rings is 1. The minimum atomic E-state index is -0.833. The maximum absolute atomic E-state index is 9.00. The number of rotatable bonds is 5. The van der Waals surface area contributed by atoms with Crippen LogP contribution in [0.15, 0.2) is 61.1 Å². The van der Waals surface area contributed by atoms with E-state index in [0.29, 0.717) is 11.7 Å². The molecule has 0 aliphatic heterocycles. The van der Waals surface area contributed by atoms with Gasteiger partial charge in [-0.25, -0.2) is 9.97 Å². The molecule has 0 saturated carbocycles. The first-order valence-electron chi connectivity index (χ1n) is 12.4. The number of aromatic nitrogens is 6. The van der Waals surface area contributed by atoms with Gasteiger partial charge in [-0.15, -0.1) is 5.10 Å². The molecule has 0 atom stereocenters. The lowest BCUT2D eigenvalue weighted by Crippen LogP contribution is -2.12. The van der Waals surface area contributed by atoms with Gasteiger partial charge < -0.3 is 19.7 Å². The zero-order valence-electron chi connectivity index (χ0n) is 21.5. The topological polar surface area (TPSA) is 119 Å². The minimum absolute atomic E-state index is 0.500. The summed E-state index contributed by atoms with van der Waals surface area (Å²) < 4.78 is 9.47. The zero-order valence-corrected chi connectivity index (χ0v) is 21.5. The Morgan fingerprint density at radius 3 is 2.55 bits per heavy atom. The smallest absolute Gasteiger partial charge is 0.300 e. The van der Waals surface area contributed by atoms with Crippen LogP contribution >= 0.6 is 0 Å². The second-order valence-electron chi connectivity index (χ2n) is 9.06. The molecule has 1 aliphatic carbocycles. The number of benzene rings is 2. The van der Waals surface area contributed by atoms with E-state index in [1.54, 1.807) is 13.4 Å². The van der Waals surface area contributed by atoms with Gasteiger partial charge in [-0.1, -0.05) is 30.3 Å². The number of anilines is 2. The van der Waals surface area contributed by atoms with Crippen LogP contribution in [0.1, 0.15) is 36.7 Å². The predicted molar refractivity (Wildman–Crippen MR) is 144 cm³/mol. The standard InChI is InChI=1S/C26H25N7O.C2H4O2/c1-17-15-32(16-27-17)22-13-12-19(14-23(22)34-2)28-25-30-26-29-21-11-7-6-10-20(21)24(33(26)31-25)18-8-4-3-5-9-18;1-2(3)4/h3-5,8-9,12-16H,6-7,10-11H2,1-2H3,(H,28,31);1H3,(H,3,4). The SMILES string of the molecule is CC(=O)O.COc1cc(Nc2nc3nc4c(c(-c5ccccc5)n3n2)CCCC4)ccc1-n1cnc(C)c1. The number of carboxylic acids is 1. The summed E-state index contributed by atoms with van der Waals surface area (Å²) >= 11 is 0. The van der Waals surface area contributed by atoms with E-state index in [4.69, 9.17) is 29.7 Å². The van der Waals surface area contributed by atoms with E-state index in [1.807, 2.05) is 46.5 Å². The number of hydrogen-bond donors (Lipinski definition) is 2. The van der Waals surface area contributed by atoms with E-state index >= 15 is 0 Å². The molecule has 194 valence electrons. The summed E-state index contributed by atoms with van der Waals surface area (Å²) in [5.74, 6) is 1.00. The quantitative estimate of drug-likeness (QED) is 0.338. The lowest BCUT2D eigenvalue weighted by atomic mass is 9.92. The Kier molecular flexibility index (Phi) is 7.03. The van der Waals surface area contributed by atoms with Gasteiger partial charge in [-0.3, -0.25) is 4.79 Å². The highest BCUT2D eigenvalue weighted by Crippen LogP contribution is 2.32. The number of hydrogen-bond acceptors (Lipinski definition) is 7. The highest BCUT2D eigenvalue weighted by Gasteiger charge is 2.22. The fraction of sp³-hybridized carbons (Fsp3) is 0.250. The summed E-state index contributed by atoms with van der Waals surface area (Å²) in [6, 6.07) is 16.3. The summed E-state index contributed by atoms with van der Waals surface area (Å²) in [5, 5.41) is 15.6. The predicted octanol–water partition coefficient (Wildman–Crippen LogP) is 5.01. The Morgan fingerprint density at radius 2 is 1.84 bits per heavy atom. The van der Waals surface area contributed by atoms with Crippen LogP contribution in [-0.4, -0.2) is 47.3 Å². The fourth-order valence-electron chi connectivity index (χ4n) is 4.64. The monoisotopic (exact) mass is 511 g/mol. The second kappa shape index (κ2) is 10.7. The maximum Gasteiger partial charge on any atom is 0.300 e. The number of carboxylic acid groups (broad SMARTS) is 1. The van der Waals surface area contributed by atoms with Crippen LogP contribution < -0.4 is 10.1 Å². The first-order chi connectivity index (χ1) is 18.4. The molecule has 10 nitrogen and oxygen atoms in total. The van der Waals surface area contributed by atoms with E-state index in [9.17, 15) is 0 Å². The first kappa shape index (κ1) is 24.9. The van der Waals surface area contributed by atoms with Crippen molar-refractivity contribution >= 4 is 23.4 Å². The third-order valence-electron chi connectivity index (χ3n) is 6.23. The van der Waals surface area contributed by atoms with Crippen molar-refractivity contribution < 1.29 is 14.6 Å². The lowest BCUT2D eigenvalue weighted by Gasteiger charge is -2.19. The average molecular weight is 512 g/mol. The summed E-state index contributed by atoms with van der Waals surface area (Å²) in [6.45, 7) is 3.05. The van der Waals surface area contributed by atoms with Gasteiger partial charge in [0.05, 0.1) is 30.5 Å². The van der Waals surface area contributed by atoms with Crippen molar-refractivity contribution in [1.82, 2.24) is 29.1 Å². The molecule has 1 aliphatic rings. The number of methoxy groups -OCH3 is 1. The molecule has 38 heavy (non-hydrogen) atoms. The van der Waals surface area contributed by atoms with Crippen molar-refractivity contribution in [2.24, 2.45) is 0 Å². The van der Waals surface area contributed by atoms with E-state index in [2.05, 4.69) is 34.6 Å². The summed E-state index contributed by atoms with van der Waals surface area (Å²) in [7, 11) is 1.66. The van der Waals surface area contributed by atoms with Crippen molar-refractivity contribution in [2.75, 3.05) is 12.4 Å². The molecule has 0 spiro atoms. The van der Waals surface area contributed by atoms with Gasteiger partial charge >= 0.3 is 0 Å². The highest BCUT2D eigenvalue weighted by atomic mass is 16.5. The van der Waals surface area contributed by atoms with Gasteiger partial charge in [-0.05, 0) is 44.7 Å². The Morgan fingerprint density at radius 1 is 1.08 bits per heavy atom. The Bertz CT molecular complexity index is 1590. The van der Waals surface area contributed by atoms with Crippen molar-refractivity contribution in [2.45, 2.75) is 39.5 Å². The molecule has 0 saturated heterocycles. The van der Waals surface area contributed by atoms with Crippen molar-refractivity contribution in [3.8, 4) is 22.7 Å². The fourth-order valence-corrected chi connectivity index (χ4v) is 4.64. The molecule has 0 amide bonds. The van der Waals surface area contributed by atoms with Crippen LogP contribution in [0.3, 0.4) is 0 Å². The summed E-state index contributed by atoms with van der Waals surface area (Å²) in [4.78, 5) is 22.9. The van der Waals surface area contributed by atoms with E-state index < -0.39 is 5.97 Å². The number of nitrogens with one attached hydrogen (secondary N) is 1. The van der Waals surface area contributed by atoms with Gasteiger partial charge in [0, 0.05) is 41.7 Å². The highest BCUT2D eigenvalue weighted by molar-refractivity contribution is 5.68. The largest absolute Gasteiger partial charge is 0.494 e. The van der Waals surface area contributed by atoms with Crippen molar-refractivity contribution in [3.05, 3.63) is 78.0 Å². The third kappa shape index (κ3) is 5.19. The number of fused-ring (bicyclic) bond motifs is 2. The van der Waals surface area contributed by atoms with Crippen LogP contribution in [0.4, 0.5) is 11.6 Å². The lowest BCUT2D eigenvalue weighted by molar-refractivity contribution is -0.134. The molecule has 6 rings (SSSR count). The van der Waals surface area contributed by atoms with E-state index in [0.717, 1.165) is 66.0 Å². The van der Waals surface area contributed by atoms with Crippen molar-refractivity contribution in [1.29, 1.82) is 0 Å². The van der Waals surface area contributed by atoms with Gasteiger partial charge in [0.15, 0.2) is 0 Å². The second-order valence-corrected chi connectivity index (χ2v) is 9.06. The Balaban J connectivity index is 0.000000689. The number of aryl methyl sites for hydroxylation is 2. The molecule has 0 unspecified atom stereocenters. The zero-order chi connectivity index (χ0) is 26.6. The van der Waals surface area contributed by atoms with Crippen LogP contribution in [0, 0.1) is 6.92 Å². The molecule has 3 aromatic heterocycles. The Labute approximate surface area is 220 Å². The van der Waals surface area contributed by atoms with Gasteiger partial charge in [0.25, 0.3) is 11.7 Å². The van der Waals surface area contributed by atoms with Gasteiger partial charge in [0.2, 0.25) is 5.95 Å². The molecule has 0 bridgehead atoms. The molecular weight excluding hydrogens is 482 g/mol. The number of carbonyl (C=O) groups is 1. The van der Waals surface area contributed by atoms with Crippen LogP contribution in [0.2, 0.25) is 0 Å². The van der Waals surface area contributed by atoms with Crippen LogP contribution in [-0.2, 0) is 17.6 Å². The molecule has 2 aromatic carbocycles.